The van der Waals surface area contributed by atoms with Crippen LogP contribution < -0.4 is 10.4 Å². The van der Waals surface area contributed by atoms with Crippen molar-refractivity contribution in [1.29, 1.82) is 5.26 Å². The van der Waals surface area contributed by atoms with E-state index in [0.717, 1.165) is 17.4 Å². The Morgan fingerprint density at radius 2 is 1.84 bits per heavy atom. The van der Waals surface area contributed by atoms with Gasteiger partial charge in [-0.25, -0.2) is 18.3 Å². The highest BCUT2D eigenvalue weighted by Gasteiger charge is 2.37. The molecule has 5 rings (SSSR count). The van der Waals surface area contributed by atoms with Crippen molar-refractivity contribution < 1.29 is 13.5 Å². The summed E-state index contributed by atoms with van der Waals surface area (Å²) < 4.78 is 36.3. The number of benzene rings is 2. The Labute approximate surface area is 177 Å². The number of nitriles is 1. The van der Waals surface area contributed by atoms with Crippen molar-refractivity contribution in [1.82, 2.24) is 14.3 Å². The first-order valence-electron chi connectivity index (χ1n) is 10.3. The summed E-state index contributed by atoms with van der Waals surface area (Å²) in [5.41, 5.74) is 1.15. The van der Waals surface area contributed by atoms with Crippen LogP contribution in [0.15, 0.2) is 47.3 Å². The topological polar surface area (TPSA) is 72.8 Å². The molecule has 0 N–H and O–H groups in total. The highest BCUT2D eigenvalue weighted by molar-refractivity contribution is 5.29. The van der Waals surface area contributed by atoms with Gasteiger partial charge in [0.15, 0.2) is 0 Å². The van der Waals surface area contributed by atoms with Crippen molar-refractivity contribution >= 4 is 0 Å². The predicted octanol–water partition coefficient (Wildman–Crippen LogP) is 3.71. The SMILES string of the molecule is N#CCc1ccc(OC2CC(n3nc4n(c3=O)[C@H](c3cc(F)cc(F)c3)CC4)C2)cc1. The smallest absolute Gasteiger partial charge is 0.346 e. The van der Waals surface area contributed by atoms with Gasteiger partial charge in [-0.3, -0.25) is 4.57 Å². The maximum Gasteiger partial charge on any atom is 0.346 e. The number of rotatable bonds is 5. The van der Waals surface area contributed by atoms with Crippen molar-refractivity contribution in [2.75, 3.05) is 0 Å². The van der Waals surface area contributed by atoms with Gasteiger partial charge in [0.25, 0.3) is 0 Å². The van der Waals surface area contributed by atoms with Gasteiger partial charge in [-0.1, -0.05) is 12.1 Å². The average Bonchev–Trinajstić information content (AvgIpc) is 3.26. The van der Waals surface area contributed by atoms with Crippen molar-refractivity contribution in [2.24, 2.45) is 0 Å². The van der Waals surface area contributed by atoms with Gasteiger partial charge >= 0.3 is 5.69 Å². The first-order valence-corrected chi connectivity index (χ1v) is 10.3. The third kappa shape index (κ3) is 3.61. The van der Waals surface area contributed by atoms with Gasteiger partial charge < -0.3 is 4.74 Å². The maximum absolute atomic E-state index is 13.7. The molecule has 0 bridgehead atoms. The van der Waals surface area contributed by atoms with Gasteiger partial charge in [-0.15, -0.1) is 0 Å². The molecule has 0 spiro atoms. The third-order valence-corrected chi connectivity index (χ3v) is 6.05. The second-order valence-electron chi connectivity index (χ2n) is 8.11. The number of fused-ring (bicyclic) bond motifs is 1. The van der Waals surface area contributed by atoms with Gasteiger partial charge in [0, 0.05) is 25.3 Å². The van der Waals surface area contributed by atoms with Crippen LogP contribution in [0.5, 0.6) is 5.75 Å². The molecule has 3 aromatic rings. The Morgan fingerprint density at radius 3 is 2.52 bits per heavy atom. The number of aryl methyl sites for hydroxylation is 1. The fourth-order valence-corrected chi connectivity index (χ4v) is 4.44. The van der Waals surface area contributed by atoms with Crippen LogP contribution in [-0.4, -0.2) is 20.5 Å². The van der Waals surface area contributed by atoms with E-state index in [1.54, 1.807) is 4.57 Å². The van der Waals surface area contributed by atoms with E-state index >= 15 is 0 Å². The zero-order valence-electron chi connectivity index (χ0n) is 16.7. The lowest BCUT2D eigenvalue weighted by atomic mass is 9.89. The first-order chi connectivity index (χ1) is 15.0. The maximum atomic E-state index is 13.7. The number of hydrogen-bond acceptors (Lipinski definition) is 4. The molecule has 2 heterocycles. The molecule has 6 nitrogen and oxygen atoms in total. The Balaban J connectivity index is 1.28. The Bertz CT molecular complexity index is 1200. The van der Waals surface area contributed by atoms with Gasteiger partial charge in [0.05, 0.1) is 24.6 Å². The molecule has 158 valence electrons. The Morgan fingerprint density at radius 1 is 1.13 bits per heavy atom. The predicted molar refractivity (Wildman–Crippen MR) is 108 cm³/mol. The lowest BCUT2D eigenvalue weighted by Gasteiger charge is -2.34. The van der Waals surface area contributed by atoms with E-state index < -0.39 is 17.7 Å². The Kier molecular flexibility index (Phi) is 4.81. The minimum atomic E-state index is -0.650. The number of hydrogen-bond donors (Lipinski definition) is 0. The van der Waals surface area contributed by atoms with Crippen LogP contribution in [0.1, 0.15) is 48.3 Å². The first kappa shape index (κ1) is 19.5. The number of ether oxygens (including phenoxy) is 1. The van der Waals surface area contributed by atoms with Crippen LogP contribution in [0.2, 0.25) is 0 Å². The van der Waals surface area contributed by atoms with Crippen molar-refractivity contribution in [3.8, 4) is 11.8 Å². The standard InChI is InChI=1S/C23H20F2N4O2/c24-16-9-15(10-17(25)11-16)21-5-6-22-27-29(23(30)28(21)22)18-12-20(13-18)31-19-3-1-14(2-4-19)7-8-26/h1-4,9-11,18,20-21H,5-7,12-13H2/t18?,20?,21-/m0/s1. The van der Waals surface area contributed by atoms with Crippen LogP contribution in [0.3, 0.4) is 0 Å². The molecule has 0 radical (unpaired) electrons. The molecule has 1 atom stereocenters. The zero-order valence-corrected chi connectivity index (χ0v) is 16.7. The zero-order chi connectivity index (χ0) is 21.5. The second-order valence-corrected chi connectivity index (χ2v) is 8.11. The number of nitrogens with zero attached hydrogens (tertiary/aromatic N) is 4. The van der Waals surface area contributed by atoms with Crippen LogP contribution in [0.4, 0.5) is 8.78 Å². The normalized spacial score (nSPS) is 21.9. The highest BCUT2D eigenvalue weighted by Crippen LogP contribution is 2.36. The van der Waals surface area contributed by atoms with Gasteiger partial charge in [-0.2, -0.15) is 10.4 Å². The fourth-order valence-electron chi connectivity index (χ4n) is 4.44. The lowest BCUT2D eigenvalue weighted by molar-refractivity contribution is 0.0623. The minimum Gasteiger partial charge on any atom is -0.490 e. The third-order valence-electron chi connectivity index (χ3n) is 6.05. The van der Waals surface area contributed by atoms with E-state index in [-0.39, 0.29) is 17.8 Å². The van der Waals surface area contributed by atoms with Crippen molar-refractivity contribution in [3.63, 3.8) is 0 Å². The molecule has 1 fully saturated rings. The molecule has 2 aliphatic rings. The summed E-state index contributed by atoms with van der Waals surface area (Å²) in [6, 6.07) is 12.5. The van der Waals surface area contributed by atoms with E-state index in [4.69, 9.17) is 10.00 Å². The summed E-state index contributed by atoms with van der Waals surface area (Å²) >= 11 is 0. The molecule has 2 aromatic carbocycles. The number of halogens is 2. The van der Waals surface area contributed by atoms with Crippen molar-refractivity contribution in [2.45, 2.75) is 50.3 Å². The molecule has 1 aromatic heterocycles. The molecule has 1 aliphatic carbocycles. The molecule has 0 unspecified atom stereocenters. The summed E-state index contributed by atoms with van der Waals surface area (Å²) in [7, 11) is 0. The van der Waals surface area contributed by atoms with Gasteiger partial charge in [-0.05, 0) is 41.8 Å². The van der Waals surface area contributed by atoms with E-state index in [9.17, 15) is 13.6 Å². The van der Waals surface area contributed by atoms with Gasteiger partial charge in [0.1, 0.15) is 29.3 Å². The highest BCUT2D eigenvalue weighted by atomic mass is 19.1. The lowest BCUT2D eigenvalue weighted by Crippen LogP contribution is -2.41. The summed E-state index contributed by atoms with van der Waals surface area (Å²) in [6.45, 7) is 0. The molecular weight excluding hydrogens is 402 g/mol. The van der Waals surface area contributed by atoms with E-state index in [1.807, 2.05) is 24.3 Å². The number of aromatic nitrogens is 3. The Hall–Kier alpha value is -3.47. The van der Waals surface area contributed by atoms with Crippen LogP contribution >= 0.6 is 0 Å². The minimum absolute atomic E-state index is 0.0108. The van der Waals surface area contributed by atoms with Gasteiger partial charge in [0.2, 0.25) is 0 Å². The summed E-state index contributed by atoms with van der Waals surface area (Å²) in [4.78, 5) is 13.0. The molecule has 8 heteroatoms. The monoisotopic (exact) mass is 422 g/mol. The quantitative estimate of drug-likeness (QED) is 0.628. The molecule has 0 saturated heterocycles. The fraction of sp³-hybridized carbons (Fsp3) is 0.348. The second kappa shape index (κ2) is 7.65. The molecule has 1 saturated carbocycles. The summed E-state index contributed by atoms with van der Waals surface area (Å²) in [5, 5.41) is 13.2. The largest absolute Gasteiger partial charge is 0.490 e. The summed E-state index contributed by atoms with van der Waals surface area (Å²) in [6.07, 6.45) is 2.86. The molecule has 1 aliphatic heterocycles. The average molecular weight is 422 g/mol. The molecule has 31 heavy (non-hydrogen) atoms. The van der Waals surface area contributed by atoms with E-state index in [2.05, 4.69) is 11.2 Å². The van der Waals surface area contributed by atoms with Crippen LogP contribution in [0.25, 0.3) is 0 Å². The molecule has 0 amide bonds. The van der Waals surface area contributed by atoms with Crippen LogP contribution in [-0.2, 0) is 12.8 Å². The van der Waals surface area contributed by atoms with E-state index in [0.29, 0.717) is 43.5 Å². The van der Waals surface area contributed by atoms with E-state index in [1.165, 1.54) is 16.8 Å². The summed E-state index contributed by atoms with van der Waals surface area (Å²) in [5.74, 6) is 0.0854. The molecular formula is C23H20F2N4O2. The van der Waals surface area contributed by atoms with Crippen LogP contribution in [0, 0.1) is 23.0 Å². The van der Waals surface area contributed by atoms with Crippen molar-refractivity contribution in [3.05, 3.63) is 81.5 Å².